The third kappa shape index (κ3) is 3.34. The van der Waals surface area contributed by atoms with Gasteiger partial charge >= 0.3 is 6.09 Å². The van der Waals surface area contributed by atoms with E-state index in [2.05, 4.69) is 10.2 Å². The predicted octanol–water partition coefficient (Wildman–Crippen LogP) is 2.14. The molecule has 27 heavy (non-hydrogen) atoms. The average Bonchev–Trinajstić information content (AvgIpc) is 3.37. The van der Waals surface area contributed by atoms with Gasteiger partial charge < -0.3 is 19.3 Å². The summed E-state index contributed by atoms with van der Waals surface area (Å²) in [5, 5.41) is 7.01. The molecular formula is C19H22N4O4. The smallest absolute Gasteiger partial charge is 0.410 e. The molecule has 0 aliphatic carbocycles. The number of aromatic nitrogens is 2. The Morgan fingerprint density at radius 2 is 2.11 bits per heavy atom. The summed E-state index contributed by atoms with van der Waals surface area (Å²) in [7, 11) is 1.61. The molecule has 1 N–H and O–H groups in total. The first-order chi connectivity index (χ1) is 13.2. The summed E-state index contributed by atoms with van der Waals surface area (Å²) >= 11 is 0. The predicted molar refractivity (Wildman–Crippen MR) is 97.6 cm³/mol. The van der Waals surface area contributed by atoms with Crippen LogP contribution in [0, 0.1) is 0 Å². The molecule has 2 saturated heterocycles. The number of carbonyl (C=O) groups is 2. The number of methoxy groups -OCH3 is 1. The number of H-pyrrole nitrogens is 1. The fraction of sp³-hybridized carbons (Fsp3) is 0.421. The number of piperidine rings is 1. The lowest BCUT2D eigenvalue weighted by Gasteiger charge is -2.35. The van der Waals surface area contributed by atoms with E-state index in [1.165, 1.54) is 0 Å². The van der Waals surface area contributed by atoms with Gasteiger partial charge in [-0.05, 0) is 25.0 Å². The topological polar surface area (TPSA) is 87.8 Å². The molecule has 8 nitrogen and oxygen atoms in total. The summed E-state index contributed by atoms with van der Waals surface area (Å²) in [6.07, 6.45) is 2.84. The van der Waals surface area contributed by atoms with Gasteiger partial charge in [-0.2, -0.15) is 5.10 Å². The van der Waals surface area contributed by atoms with Crippen molar-refractivity contribution in [1.29, 1.82) is 0 Å². The first-order valence-corrected chi connectivity index (χ1v) is 9.08. The van der Waals surface area contributed by atoms with Crippen LogP contribution in [0.2, 0.25) is 0 Å². The van der Waals surface area contributed by atoms with Crippen molar-refractivity contribution < 1.29 is 19.1 Å². The molecule has 4 rings (SSSR count). The molecule has 0 saturated carbocycles. The highest BCUT2D eigenvalue weighted by atomic mass is 16.6. The molecular weight excluding hydrogens is 348 g/mol. The third-order valence-electron chi connectivity index (χ3n) is 5.21. The number of benzene rings is 1. The van der Waals surface area contributed by atoms with Crippen molar-refractivity contribution in [3.8, 4) is 17.0 Å². The van der Waals surface area contributed by atoms with E-state index in [1.54, 1.807) is 18.2 Å². The first kappa shape index (κ1) is 17.4. The SMILES string of the molecule is COc1cccc(-c2[nH]ncc2C(=O)N2CCC(N3CCOC3=O)CC2)c1. The van der Waals surface area contributed by atoms with Crippen molar-refractivity contribution in [2.45, 2.75) is 18.9 Å². The van der Waals surface area contributed by atoms with E-state index in [0.717, 1.165) is 24.2 Å². The number of ether oxygens (including phenoxy) is 2. The van der Waals surface area contributed by atoms with Crippen LogP contribution in [0.25, 0.3) is 11.3 Å². The average molecular weight is 370 g/mol. The Bertz CT molecular complexity index is 842. The Balaban J connectivity index is 1.47. The lowest BCUT2D eigenvalue weighted by atomic mass is 10.0. The lowest BCUT2D eigenvalue weighted by molar-refractivity contribution is 0.0659. The lowest BCUT2D eigenvalue weighted by Crippen LogP contribution is -2.47. The molecule has 8 heteroatoms. The van der Waals surface area contributed by atoms with Gasteiger partial charge in [-0.15, -0.1) is 0 Å². The van der Waals surface area contributed by atoms with Crippen LogP contribution in [0.5, 0.6) is 5.75 Å². The summed E-state index contributed by atoms with van der Waals surface area (Å²) in [5.41, 5.74) is 2.08. The number of cyclic esters (lactones) is 1. The minimum Gasteiger partial charge on any atom is -0.497 e. The van der Waals surface area contributed by atoms with Crippen molar-refractivity contribution >= 4 is 12.0 Å². The van der Waals surface area contributed by atoms with Crippen LogP contribution in [0.15, 0.2) is 30.5 Å². The normalized spacial score (nSPS) is 17.9. The molecule has 2 aliphatic heterocycles. The van der Waals surface area contributed by atoms with Gasteiger partial charge in [-0.25, -0.2) is 4.79 Å². The zero-order valence-corrected chi connectivity index (χ0v) is 15.2. The maximum Gasteiger partial charge on any atom is 0.410 e. The minimum atomic E-state index is -0.241. The Labute approximate surface area is 157 Å². The third-order valence-corrected chi connectivity index (χ3v) is 5.21. The molecule has 0 bridgehead atoms. The molecule has 0 radical (unpaired) electrons. The van der Waals surface area contributed by atoms with Crippen LogP contribution in [-0.2, 0) is 4.74 Å². The van der Waals surface area contributed by atoms with E-state index in [-0.39, 0.29) is 18.0 Å². The molecule has 0 atom stereocenters. The van der Waals surface area contributed by atoms with E-state index in [9.17, 15) is 9.59 Å². The van der Waals surface area contributed by atoms with Gasteiger partial charge in [0.2, 0.25) is 0 Å². The number of hydrogen-bond donors (Lipinski definition) is 1. The van der Waals surface area contributed by atoms with E-state index >= 15 is 0 Å². The number of carbonyl (C=O) groups excluding carboxylic acids is 2. The van der Waals surface area contributed by atoms with Crippen molar-refractivity contribution in [2.24, 2.45) is 0 Å². The summed E-state index contributed by atoms with van der Waals surface area (Å²) in [5.74, 6) is 0.669. The Hall–Kier alpha value is -3.03. The van der Waals surface area contributed by atoms with Gasteiger partial charge in [0.25, 0.3) is 5.91 Å². The number of nitrogens with zero attached hydrogens (tertiary/aromatic N) is 3. The number of amides is 2. The summed E-state index contributed by atoms with van der Waals surface area (Å²) in [6.45, 7) is 2.31. The molecule has 0 unspecified atom stereocenters. The fourth-order valence-electron chi connectivity index (χ4n) is 3.74. The number of aromatic amines is 1. The van der Waals surface area contributed by atoms with Crippen LogP contribution in [0.4, 0.5) is 4.79 Å². The van der Waals surface area contributed by atoms with Gasteiger partial charge in [0, 0.05) is 24.7 Å². The molecule has 2 aromatic rings. The van der Waals surface area contributed by atoms with Crippen LogP contribution in [0.3, 0.4) is 0 Å². The molecule has 142 valence electrons. The van der Waals surface area contributed by atoms with Gasteiger partial charge in [0.1, 0.15) is 12.4 Å². The summed E-state index contributed by atoms with van der Waals surface area (Å²) in [6, 6.07) is 7.67. The van der Waals surface area contributed by atoms with E-state index in [4.69, 9.17) is 9.47 Å². The van der Waals surface area contributed by atoms with Crippen molar-refractivity contribution in [3.63, 3.8) is 0 Å². The van der Waals surface area contributed by atoms with Crippen LogP contribution >= 0.6 is 0 Å². The zero-order valence-electron chi connectivity index (χ0n) is 15.2. The number of nitrogens with one attached hydrogen (secondary N) is 1. The van der Waals surface area contributed by atoms with Gasteiger partial charge in [-0.1, -0.05) is 12.1 Å². The van der Waals surface area contributed by atoms with Gasteiger partial charge in [0.05, 0.1) is 31.1 Å². The van der Waals surface area contributed by atoms with E-state index in [0.29, 0.717) is 37.5 Å². The van der Waals surface area contributed by atoms with Crippen LogP contribution < -0.4 is 4.74 Å². The minimum absolute atomic E-state index is 0.0518. The van der Waals surface area contributed by atoms with Crippen LogP contribution in [0.1, 0.15) is 23.2 Å². The molecule has 2 aliphatic rings. The Morgan fingerprint density at radius 3 is 2.81 bits per heavy atom. The maximum atomic E-state index is 13.0. The van der Waals surface area contributed by atoms with Gasteiger partial charge in [-0.3, -0.25) is 9.89 Å². The monoisotopic (exact) mass is 370 g/mol. The second kappa shape index (κ2) is 7.30. The highest BCUT2D eigenvalue weighted by molar-refractivity contribution is 5.99. The standard InChI is InChI=1S/C19H22N4O4/c1-26-15-4-2-3-13(11-15)17-16(12-20-21-17)18(24)22-7-5-14(6-8-22)23-9-10-27-19(23)25/h2-4,11-12,14H,5-10H2,1H3,(H,20,21). The molecule has 3 heterocycles. The summed E-state index contributed by atoms with van der Waals surface area (Å²) < 4.78 is 10.3. The second-order valence-electron chi connectivity index (χ2n) is 6.72. The second-order valence-corrected chi connectivity index (χ2v) is 6.72. The largest absolute Gasteiger partial charge is 0.497 e. The van der Waals surface area contributed by atoms with E-state index in [1.807, 2.05) is 29.2 Å². The van der Waals surface area contributed by atoms with Crippen molar-refractivity contribution in [3.05, 3.63) is 36.0 Å². The van der Waals surface area contributed by atoms with Crippen LogP contribution in [-0.4, -0.2) is 71.4 Å². The highest BCUT2D eigenvalue weighted by Crippen LogP contribution is 2.27. The Morgan fingerprint density at radius 1 is 1.30 bits per heavy atom. The first-order valence-electron chi connectivity index (χ1n) is 9.08. The number of hydrogen-bond acceptors (Lipinski definition) is 5. The van der Waals surface area contributed by atoms with E-state index < -0.39 is 0 Å². The molecule has 1 aromatic heterocycles. The van der Waals surface area contributed by atoms with Gasteiger partial charge in [0.15, 0.2) is 0 Å². The number of likely N-dealkylation sites (tertiary alicyclic amines) is 1. The fourth-order valence-corrected chi connectivity index (χ4v) is 3.74. The molecule has 0 spiro atoms. The van der Waals surface area contributed by atoms with Crippen molar-refractivity contribution in [2.75, 3.05) is 33.4 Å². The summed E-state index contributed by atoms with van der Waals surface area (Å²) in [4.78, 5) is 28.4. The highest BCUT2D eigenvalue weighted by Gasteiger charge is 2.34. The molecule has 1 aromatic carbocycles. The number of rotatable bonds is 4. The molecule has 2 fully saturated rings. The maximum absolute atomic E-state index is 13.0. The van der Waals surface area contributed by atoms with Crippen molar-refractivity contribution in [1.82, 2.24) is 20.0 Å². The zero-order chi connectivity index (χ0) is 18.8. The Kier molecular flexibility index (Phi) is 4.70. The quantitative estimate of drug-likeness (QED) is 0.891. The molecule has 2 amide bonds.